The second kappa shape index (κ2) is 7.95. The van der Waals surface area contributed by atoms with Crippen LogP contribution >= 0.6 is 35.0 Å². The van der Waals surface area contributed by atoms with E-state index in [4.69, 9.17) is 23.2 Å². The quantitative estimate of drug-likeness (QED) is 0.676. The SMILES string of the molecule is Cc1cccc(CC(=O)N=C2S[C@@H]3CS(=O)(=O)C[C@H]3N2c2cccc(Cl)c2Cl)c1. The fourth-order valence-corrected chi connectivity index (χ4v) is 7.98. The molecule has 152 valence electrons. The monoisotopic (exact) mass is 468 g/mol. The minimum Gasteiger partial charge on any atom is -0.314 e. The second-order valence-electron chi connectivity index (χ2n) is 7.20. The summed E-state index contributed by atoms with van der Waals surface area (Å²) in [6, 6.07) is 12.6. The number of carbonyl (C=O) groups is 1. The Hall–Kier alpha value is -1.54. The van der Waals surface area contributed by atoms with Crippen LogP contribution in [0.2, 0.25) is 10.0 Å². The minimum absolute atomic E-state index is 0.00139. The molecule has 0 saturated carbocycles. The average molecular weight is 469 g/mol. The number of hydrogen-bond donors (Lipinski definition) is 0. The minimum atomic E-state index is -3.15. The fraction of sp³-hybridized carbons (Fsp3) is 0.300. The molecule has 0 bridgehead atoms. The van der Waals surface area contributed by atoms with E-state index in [1.54, 1.807) is 23.1 Å². The Morgan fingerprint density at radius 1 is 1.21 bits per heavy atom. The number of aliphatic imine (C=N–C) groups is 1. The maximum Gasteiger partial charge on any atom is 0.252 e. The second-order valence-corrected chi connectivity index (χ2v) is 11.3. The Kier molecular flexibility index (Phi) is 5.68. The van der Waals surface area contributed by atoms with E-state index in [0.29, 0.717) is 20.9 Å². The molecule has 2 aliphatic rings. The van der Waals surface area contributed by atoms with Crippen molar-refractivity contribution in [1.82, 2.24) is 0 Å². The summed E-state index contributed by atoms with van der Waals surface area (Å²) in [6.07, 6.45) is 0.177. The number of benzene rings is 2. The fourth-order valence-electron chi connectivity index (χ4n) is 3.67. The number of anilines is 1. The molecule has 0 N–H and O–H groups in total. The third-order valence-electron chi connectivity index (χ3n) is 4.92. The van der Waals surface area contributed by atoms with E-state index >= 15 is 0 Å². The Morgan fingerprint density at radius 2 is 1.97 bits per heavy atom. The molecule has 0 spiro atoms. The highest BCUT2D eigenvalue weighted by atomic mass is 35.5. The molecule has 5 nitrogen and oxygen atoms in total. The molecule has 2 aromatic carbocycles. The van der Waals surface area contributed by atoms with Gasteiger partial charge in [0, 0.05) is 5.25 Å². The molecule has 2 saturated heterocycles. The van der Waals surface area contributed by atoms with Crippen LogP contribution in [0.25, 0.3) is 0 Å². The van der Waals surface area contributed by atoms with Crippen molar-refractivity contribution in [3.63, 3.8) is 0 Å². The highest BCUT2D eigenvalue weighted by molar-refractivity contribution is 8.16. The number of amidine groups is 1. The summed E-state index contributed by atoms with van der Waals surface area (Å²) < 4.78 is 24.3. The number of aryl methyl sites for hydroxylation is 1. The van der Waals surface area contributed by atoms with Gasteiger partial charge in [0.05, 0.1) is 39.7 Å². The van der Waals surface area contributed by atoms with Crippen LogP contribution in [0.4, 0.5) is 5.69 Å². The van der Waals surface area contributed by atoms with E-state index in [1.807, 2.05) is 31.2 Å². The van der Waals surface area contributed by atoms with Crippen LogP contribution in [0.1, 0.15) is 11.1 Å². The summed E-state index contributed by atoms with van der Waals surface area (Å²) in [5, 5.41) is 0.958. The number of thioether (sulfide) groups is 1. The number of hydrogen-bond acceptors (Lipinski definition) is 4. The molecule has 29 heavy (non-hydrogen) atoms. The van der Waals surface area contributed by atoms with E-state index in [2.05, 4.69) is 4.99 Å². The smallest absolute Gasteiger partial charge is 0.252 e. The molecule has 9 heteroatoms. The van der Waals surface area contributed by atoms with Gasteiger partial charge in [-0.2, -0.15) is 4.99 Å². The van der Waals surface area contributed by atoms with Crippen molar-refractivity contribution >= 4 is 61.6 Å². The largest absolute Gasteiger partial charge is 0.314 e. The van der Waals surface area contributed by atoms with Gasteiger partial charge in [0.2, 0.25) is 0 Å². The maximum absolute atomic E-state index is 12.7. The first kappa shape index (κ1) is 20.7. The van der Waals surface area contributed by atoms with Crippen LogP contribution < -0.4 is 4.90 Å². The Balaban J connectivity index is 1.68. The van der Waals surface area contributed by atoms with Crippen LogP contribution in [0, 0.1) is 6.92 Å². The van der Waals surface area contributed by atoms with Crippen LogP contribution in [-0.4, -0.2) is 42.3 Å². The highest BCUT2D eigenvalue weighted by Gasteiger charge is 2.49. The molecule has 2 atom stereocenters. The zero-order valence-corrected chi connectivity index (χ0v) is 18.7. The molecule has 0 unspecified atom stereocenters. The van der Waals surface area contributed by atoms with Crippen molar-refractivity contribution in [2.24, 2.45) is 4.99 Å². The molecular formula is C20H18Cl2N2O3S2. The zero-order chi connectivity index (χ0) is 20.8. The van der Waals surface area contributed by atoms with Crippen molar-refractivity contribution in [2.75, 3.05) is 16.4 Å². The van der Waals surface area contributed by atoms with Crippen LogP contribution in [0.15, 0.2) is 47.5 Å². The van der Waals surface area contributed by atoms with Crippen molar-refractivity contribution in [3.8, 4) is 0 Å². The summed E-state index contributed by atoms with van der Waals surface area (Å²) in [7, 11) is -3.15. The van der Waals surface area contributed by atoms with Gasteiger partial charge >= 0.3 is 0 Å². The molecule has 2 fully saturated rings. The normalized spacial score (nSPS) is 24.1. The Labute approximate surface area is 184 Å². The predicted octanol–water partition coefficient (Wildman–Crippen LogP) is 4.15. The molecule has 2 aliphatic heterocycles. The topological polar surface area (TPSA) is 66.8 Å². The molecule has 0 radical (unpaired) electrons. The highest BCUT2D eigenvalue weighted by Crippen LogP contribution is 2.44. The third-order valence-corrected chi connectivity index (χ3v) is 8.93. The van der Waals surface area contributed by atoms with Gasteiger partial charge < -0.3 is 4.90 Å². The average Bonchev–Trinajstić information content (AvgIpc) is 3.08. The maximum atomic E-state index is 12.7. The lowest BCUT2D eigenvalue weighted by molar-refractivity contribution is -0.117. The molecule has 2 heterocycles. The lowest BCUT2D eigenvalue weighted by atomic mass is 10.1. The van der Waals surface area contributed by atoms with Gasteiger partial charge in [-0.05, 0) is 24.6 Å². The van der Waals surface area contributed by atoms with Gasteiger partial charge in [0.1, 0.15) is 0 Å². The van der Waals surface area contributed by atoms with Crippen molar-refractivity contribution in [1.29, 1.82) is 0 Å². The number of nitrogens with zero attached hydrogens (tertiary/aromatic N) is 2. The lowest BCUT2D eigenvalue weighted by Gasteiger charge is -2.25. The van der Waals surface area contributed by atoms with Crippen LogP contribution in [0.5, 0.6) is 0 Å². The predicted molar refractivity (Wildman–Crippen MR) is 120 cm³/mol. The first-order valence-electron chi connectivity index (χ1n) is 9.01. The molecule has 2 aromatic rings. The summed E-state index contributed by atoms with van der Waals surface area (Å²) in [6.45, 7) is 1.97. The molecule has 0 aliphatic carbocycles. The standard InChI is InChI=1S/C20H18Cl2N2O3S2/c1-12-4-2-5-13(8-12)9-18(25)23-20-24(15-7-3-6-14(21)19(15)22)16-10-29(26,27)11-17(16)28-20/h2-8,16-17H,9-11H2,1H3/t16-,17-/m1/s1. The molecule has 4 rings (SSSR count). The number of amides is 1. The Morgan fingerprint density at radius 3 is 2.72 bits per heavy atom. The van der Waals surface area contributed by atoms with Crippen molar-refractivity contribution in [2.45, 2.75) is 24.6 Å². The van der Waals surface area contributed by atoms with Crippen LogP contribution in [0.3, 0.4) is 0 Å². The zero-order valence-electron chi connectivity index (χ0n) is 15.5. The molecule has 0 aromatic heterocycles. The number of rotatable bonds is 3. The van der Waals surface area contributed by atoms with E-state index in [-0.39, 0.29) is 35.1 Å². The van der Waals surface area contributed by atoms with Gasteiger partial charge in [-0.25, -0.2) is 8.42 Å². The first-order valence-corrected chi connectivity index (χ1v) is 12.5. The van der Waals surface area contributed by atoms with Gasteiger partial charge in [0.25, 0.3) is 5.91 Å². The summed E-state index contributed by atoms with van der Waals surface area (Å²) in [5.74, 6) is -0.232. The lowest BCUT2D eigenvalue weighted by Crippen LogP contribution is -2.38. The van der Waals surface area contributed by atoms with E-state index in [1.165, 1.54) is 11.8 Å². The van der Waals surface area contributed by atoms with Crippen molar-refractivity contribution < 1.29 is 13.2 Å². The number of halogens is 2. The third kappa shape index (κ3) is 4.33. The number of carbonyl (C=O) groups excluding carboxylic acids is 1. The van der Waals surface area contributed by atoms with E-state index < -0.39 is 9.84 Å². The van der Waals surface area contributed by atoms with Crippen molar-refractivity contribution in [3.05, 3.63) is 63.6 Å². The van der Waals surface area contributed by atoms with Gasteiger partial charge in [-0.1, -0.05) is 70.9 Å². The molecule has 1 amide bonds. The summed E-state index contributed by atoms with van der Waals surface area (Å²) >= 11 is 13.9. The summed E-state index contributed by atoms with van der Waals surface area (Å²) in [4.78, 5) is 18.7. The molecular weight excluding hydrogens is 451 g/mol. The van der Waals surface area contributed by atoms with E-state index in [9.17, 15) is 13.2 Å². The van der Waals surface area contributed by atoms with Gasteiger partial charge in [-0.15, -0.1) is 0 Å². The number of sulfone groups is 1. The van der Waals surface area contributed by atoms with Gasteiger partial charge in [-0.3, -0.25) is 4.79 Å². The Bertz CT molecular complexity index is 1120. The summed E-state index contributed by atoms with van der Waals surface area (Å²) in [5.41, 5.74) is 2.53. The van der Waals surface area contributed by atoms with Crippen LogP contribution in [-0.2, 0) is 21.1 Å². The number of fused-ring (bicyclic) bond motifs is 1. The van der Waals surface area contributed by atoms with Gasteiger partial charge in [0.15, 0.2) is 15.0 Å². The van der Waals surface area contributed by atoms with E-state index in [0.717, 1.165) is 11.1 Å². The first-order chi connectivity index (χ1) is 13.7.